The standard InChI is InChI=1S/C14H13BrN2O2S/c1-2-16-13(9-6-12(15)20-7-9)8-3-4-10-11(5-8)19-14(18)17-10/h3-7,13,16H,2H2,1H3,(H,17,18). The van der Waals surface area contributed by atoms with Gasteiger partial charge in [-0.15, -0.1) is 11.3 Å². The fraction of sp³-hybridized carbons (Fsp3) is 0.214. The number of nitrogens with one attached hydrogen (secondary N) is 2. The molecule has 0 saturated heterocycles. The summed E-state index contributed by atoms with van der Waals surface area (Å²) in [4.78, 5) is 13.9. The zero-order chi connectivity index (χ0) is 14.1. The van der Waals surface area contributed by atoms with Crippen LogP contribution in [0.1, 0.15) is 24.1 Å². The van der Waals surface area contributed by atoms with Crippen LogP contribution in [0.3, 0.4) is 0 Å². The van der Waals surface area contributed by atoms with Gasteiger partial charge >= 0.3 is 5.76 Å². The molecule has 0 amide bonds. The number of fused-ring (bicyclic) bond motifs is 1. The van der Waals surface area contributed by atoms with E-state index in [0.717, 1.165) is 21.4 Å². The number of aromatic nitrogens is 1. The minimum absolute atomic E-state index is 0.0900. The summed E-state index contributed by atoms with van der Waals surface area (Å²) in [6, 6.07) is 7.99. The van der Waals surface area contributed by atoms with Gasteiger partial charge in [0.25, 0.3) is 0 Å². The second-order valence-electron chi connectivity index (χ2n) is 4.44. The lowest BCUT2D eigenvalue weighted by atomic mass is 10.0. The van der Waals surface area contributed by atoms with Crippen LogP contribution in [0.25, 0.3) is 11.1 Å². The summed E-state index contributed by atoms with van der Waals surface area (Å²) >= 11 is 5.15. The summed E-state index contributed by atoms with van der Waals surface area (Å²) in [5, 5.41) is 5.58. The van der Waals surface area contributed by atoms with Gasteiger partial charge in [-0.2, -0.15) is 0 Å². The van der Waals surface area contributed by atoms with E-state index in [4.69, 9.17) is 4.42 Å². The van der Waals surface area contributed by atoms with Crippen LogP contribution < -0.4 is 11.1 Å². The normalized spacial score (nSPS) is 12.9. The fourth-order valence-electron chi connectivity index (χ4n) is 2.25. The highest BCUT2D eigenvalue weighted by molar-refractivity contribution is 9.11. The summed E-state index contributed by atoms with van der Waals surface area (Å²) < 4.78 is 6.23. The zero-order valence-corrected chi connectivity index (χ0v) is 13.2. The van der Waals surface area contributed by atoms with Crippen molar-refractivity contribution in [2.75, 3.05) is 6.54 Å². The fourth-order valence-corrected chi connectivity index (χ4v) is 3.45. The molecule has 0 radical (unpaired) electrons. The van der Waals surface area contributed by atoms with Crippen LogP contribution >= 0.6 is 27.3 Å². The number of oxazole rings is 1. The molecule has 0 saturated carbocycles. The third-order valence-corrected chi connectivity index (χ3v) is 4.63. The van der Waals surface area contributed by atoms with Gasteiger partial charge in [0.1, 0.15) is 0 Å². The lowest BCUT2D eigenvalue weighted by Gasteiger charge is -2.17. The van der Waals surface area contributed by atoms with Gasteiger partial charge in [0.15, 0.2) is 5.58 Å². The molecule has 1 aromatic carbocycles. The van der Waals surface area contributed by atoms with Crippen LogP contribution in [0.2, 0.25) is 0 Å². The average molecular weight is 353 g/mol. The first-order valence-electron chi connectivity index (χ1n) is 6.27. The van der Waals surface area contributed by atoms with Gasteiger partial charge in [-0.25, -0.2) is 4.79 Å². The largest absolute Gasteiger partial charge is 0.417 e. The van der Waals surface area contributed by atoms with Gasteiger partial charge in [-0.3, -0.25) is 4.98 Å². The first-order chi connectivity index (χ1) is 9.67. The van der Waals surface area contributed by atoms with E-state index < -0.39 is 5.76 Å². The topological polar surface area (TPSA) is 58.0 Å². The second kappa shape index (κ2) is 5.55. The lowest BCUT2D eigenvalue weighted by molar-refractivity contribution is 0.554. The van der Waals surface area contributed by atoms with Crippen LogP contribution in [0.15, 0.2) is 42.6 Å². The molecular weight excluding hydrogens is 340 g/mol. The van der Waals surface area contributed by atoms with E-state index in [9.17, 15) is 4.79 Å². The molecular formula is C14H13BrN2O2S. The van der Waals surface area contributed by atoms with Crippen LogP contribution in [-0.4, -0.2) is 11.5 Å². The Kier molecular flexibility index (Phi) is 3.78. The molecule has 20 heavy (non-hydrogen) atoms. The molecule has 0 aliphatic heterocycles. The Morgan fingerprint density at radius 1 is 1.40 bits per heavy atom. The van der Waals surface area contributed by atoms with Gasteiger partial charge in [-0.1, -0.05) is 13.0 Å². The Bertz CT molecular complexity index is 790. The van der Waals surface area contributed by atoms with E-state index in [1.165, 1.54) is 5.56 Å². The third kappa shape index (κ3) is 2.59. The molecule has 0 aliphatic carbocycles. The highest BCUT2D eigenvalue weighted by atomic mass is 79.9. The molecule has 6 heteroatoms. The quantitative estimate of drug-likeness (QED) is 0.753. The highest BCUT2D eigenvalue weighted by Gasteiger charge is 2.16. The molecule has 1 atom stereocenters. The number of hydrogen-bond donors (Lipinski definition) is 2. The van der Waals surface area contributed by atoms with Crippen molar-refractivity contribution in [3.63, 3.8) is 0 Å². The van der Waals surface area contributed by atoms with Crippen molar-refractivity contribution in [3.05, 3.63) is 55.1 Å². The van der Waals surface area contributed by atoms with Crippen molar-refractivity contribution in [1.29, 1.82) is 0 Å². The smallest absolute Gasteiger partial charge is 0.408 e. The van der Waals surface area contributed by atoms with E-state index in [1.807, 2.05) is 18.2 Å². The van der Waals surface area contributed by atoms with Gasteiger partial charge < -0.3 is 9.73 Å². The molecule has 4 nitrogen and oxygen atoms in total. The van der Waals surface area contributed by atoms with Crippen LogP contribution in [0.4, 0.5) is 0 Å². The predicted octanol–water partition coefficient (Wildman–Crippen LogP) is 3.64. The van der Waals surface area contributed by atoms with Gasteiger partial charge in [-0.05, 0) is 57.2 Å². The van der Waals surface area contributed by atoms with Crippen LogP contribution in [0.5, 0.6) is 0 Å². The van der Waals surface area contributed by atoms with Crippen molar-refractivity contribution in [3.8, 4) is 0 Å². The summed E-state index contributed by atoms with van der Waals surface area (Å²) in [7, 11) is 0. The molecule has 2 heterocycles. The van der Waals surface area contributed by atoms with Crippen molar-refractivity contribution < 1.29 is 4.42 Å². The molecule has 0 fully saturated rings. The maximum atomic E-state index is 11.2. The monoisotopic (exact) mass is 352 g/mol. The molecule has 0 aliphatic rings. The van der Waals surface area contributed by atoms with Crippen molar-refractivity contribution >= 4 is 38.4 Å². The molecule has 2 aromatic heterocycles. The average Bonchev–Trinajstić information content (AvgIpc) is 3.00. The zero-order valence-electron chi connectivity index (χ0n) is 10.8. The molecule has 3 aromatic rings. The number of H-pyrrole nitrogens is 1. The Hall–Kier alpha value is -1.37. The SMILES string of the molecule is CCNC(c1csc(Br)c1)c1ccc2[nH]c(=O)oc2c1. The Balaban J connectivity index is 2.06. The molecule has 104 valence electrons. The molecule has 0 spiro atoms. The van der Waals surface area contributed by atoms with Crippen LogP contribution in [-0.2, 0) is 0 Å². The Labute approximate surface area is 127 Å². The van der Waals surface area contributed by atoms with Crippen LogP contribution in [0, 0.1) is 0 Å². The van der Waals surface area contributed by atoms with E-state index in [0.29, 0.717) is 5.58 Å². The number of rotatable bonds is 4. The third-order valence-electron chi connectivity index (χ3n) is 3.11. The van der Waals surface area contributed by atoms with E-state index in [2.05, 4.69) is 44.6 Å². The number of halogens is 1. The van der Waals surface area contributed by atoms with Gasteiger partial charge in [0, 0.05) is 0 Å². The minimum Gasteiger partial charge on any atom is -0.408 e. The number of hydrogen-bond acceptors (Lipinski definition) is 4. The van der Waals surface area contributed by atoms with E-state index >= 15 is 0 Å². The summed E-state index contributed by atoms with van der Waals surface area (Å²) in [5.74, 6) is -0.421. The molecule has 2 N–H and O–H groups in total. The summed E-state index contributed by atoms with van der Waals surface area (Å²) in [6.07, 6.45) is 0. The predicted molar refractivity (Wildman–Crippen MR) is 84.4 cm³/mol. The maximum Gasteiger partial charge on any atom is 0.417 e. The highest BCUT2D eigenvalue weighted by Crippen LogP contribution is 2.30. The lowest BCUT2D eigenvalue weighted by Crippen LogP contribution is -2.21. The van der Waals surface area contributed by atoms with Crippen molar-refractivity contribution in [1.82, 2.24) is 10.3 Å². The van der Waals surface area contributed by atoms with E-state index in [-0.39, 0.29) is 6.04 Å². The van der Waals surface area contributed by atoms with Crippen molar-refractivity contribution in [2.45, 2.75) is 13.0 Å². The number of benzene rings is 1. The number of aromatic amines is 1. The van der Waals surface area contributed by atoms with Crippen molar-refractivity contribution in [2.24, 2.45) is 0 Å². The first-order valence-corrected chi connectivity index (χ1v) is 7.94. The minimum atomic E-state index is -0.421. The first kappa shape index (κ1) is 13.6. The summed E-state index contributed by atoms with van der Waals surface area (Å²) in [6.45, 7) is 2.93. The maximum absolute atomic E-state index is 11.2. The Morgan fingerprint density at radius 2 is 2.25 bits per heavy atom. The second-order valence-corrected chi connectivity index (χ2v) is 6.74. The number of thiophene rings is 1. The Morgan fingerprint density at radius 3 is 2.95 bits per heavy atom. The van der Waals surface area contributed by atoms with Gasteiger partial charge in [0.05, 0.1) is 15.3 Å². The molecule has 1 unspecified atom stereocenters. The summed E-state index contributed by atoms with van der Waals surface area (Å²) in [5.41, 5.74) is 3.58. The van der Waals surface area contributed by atoms with E-state index in [1.54, 1.807) is 11.3 Å². The molecule has 0 bridgehead atoms. The molecule has 3 rings (SSSR count). The van der Waals surface area contributed by atoms with Gasteiger partial charge in [0.2, 0.25) is 0 Å².